The Morgan fingerprint density at radius 3 is 1.57 bits per heavy atom. The van der Waals surface area contributed by atoms with Gasteiger partial charge in [-0.15, -0.1) is 0 Å². The predicted octanol–water partition coefficient (Wildman–Crippen LogP) is 5.56. The van der Waals surface area contributed by atoms with E-state index in [0.29, 0.717) is 0 Å². The molecule has 0 unspecified atom stereocenters. The molecule has 21 heavy (non-hydrogen) atoms. The topological polar surface area (TPSA) is 35.2 Å². The monoisotopic (exact) mass is 305 g/mol. The van der Waals surface area contributed by atoms with Gasteiger partial charge in [-0.1, -0.05) is 68.0 Å². The van der Waals surface area contributed by atoms with Gasteiger partial charge in [0.1, 0.15) is 0 Å². The van der Waals surface area contributed by atoms with Crippen molar-refractivity contribution in [1.29, 1.82) is 0 Å². The van der Waals surface area contributed by atoms with Gasteiger partial charge in [-0.2, -0.15) is 0 Å². The number of halogens is 1. The van der Waals surface area contributed by atoms with Crippen molar-refractivity contribution in [2.45, 2.75) is 20.8 Å². The van der Waals surface area contributed by atoms with Crippen LogP contribution in [0.15, 0.2) is 48.5 Å². The quantitative estimate of drug-likeness (QED) is 0.582. The zero-order valence-electron chi connectivity index (χ0n) is 13.1. The second kappa shape index (κ2) is 12.0. The third kappa shape index (κ3) is 8.90. The highest BCUT2D eigenvalue weighted by Gasteiger charge is 1.88. The molecule has 0 heterocycles. The van der Waals surface area contributed by atoms with Crippen LogP contribution in [-0.4, -0.2) is 7.11 Å². The number of benzene rings is 2. The average Bonchev–Trinajstić information content (AvgIpc) is 2.51. The fourth-order valence-electron chi connectivity index (χ4n) is 1.48. The Bertz CT molecular complexity index is 456. The van der Waals surface area contributed by atoms with Gasteiger partial charge in [0, 0.05) is 5.69 Å². The minimum Gasteiger partial charge on any atom is -0.399 e. The Balaban J connectivity index is 0.000000713. The van der Waals surface area contributed by atoms with E-state index in [0.717, 1.165) is 11.3 Å². The SMILES string of the molecule is CC.COCl.Cc1ccc(/C=C/c2ccc(N)cc2)cc1. The van der Waals surface area contributed by atoms with E-state index >= 15 is 0 Å². The van der Waals surface area contributed by atoms with Crippen molar-refractivity contribution in [2.75, 3.05) is 12.8 Å². The molecule has 0 spiro atoms. The summed E-state index contributed by atoms with van der Waals surface area (Å²) in [4.78, 5) is 0. The number of hydrogen-bond donors (Lipinski definition) is 1. The van der Waals surface area contributed by atoms with E-state index in [-0.39, 0.29) is 0 Å². The van der Waals surface area contributed by atoms with Gasteiger partial charge >= 0.3 is 0 Å². The molecule has 2 aromatic carbocycles. The summed E-state index contributed by atoms with van der Waals surface area (Å²) in [6, 6.07) is 16.3. The van der Waals surface area contributed by atoms with Crippen molar-refractivity contribution < 1.29 is 4.29 Å². The summed E-state index contributed by atoms with van der Waals surface area (Å²) in [6.45, 7) is 6.09. The molecule has 0 aliphatic carbocycles. The highest BCUT2D eigenvalue weighted by atomic mass is 35.5. The largest absolute Gasteiger partial charge is 0.399 e. The van der Waals surface area contributed by atoms with Gasteiger partial charge in [-0.25, -0.2) is 0 Å². The molecule has 2 nitrogen and oxygen atoms in total. The lowest BCUT2D eigenvalue weighted by molar-refractivity contribution is 0.463. The van der Waals surface area contributed by atoms with Crippen molar-refractivity contribution >= 4 is 29.7 Å². The highest BCUT2D eigenvalue weighted by Crippen LogP contribution is 2.11. The summed E-state index contributed by atoms with van der Waals surface area (Å²) >= 11 is 4.50. The van der Waals surface area contributed by atoms with Crippen LogP contribution in [0.1, 0.15) is 30.5 Å². The number of nitrogen functional groups attached to an aromatic ring is 1. The first-order valence-corrected chi connectivity index (χ1v) is 7.21. The number of hydrogen-bond acceptors (Lipinski definition) is 2. The fraction of sp³-hybridized carbons (Fsp3) is 0.222. The van der Waals surface area contributed by atoms with Gasteiger partial charge in [0.05, 0.1) is 19.0 Å². The maximum Gasteiger partial charge on any atom is 0.0606 e. The molecule has 0 atom stereocenters. The number of rotatable bonds is 2. The third-order valence-corrected chi connectivity index (χ3v) is 2.48. The van der Waals surface area contributed by atoms with Crippen LogP contribution in [0, 0.1) is 6.92 Å². The molecule has 0 fully saturated rings. The van der Waals surface area contributed by atoms with Crippen molar-refractivity contribution in [3.63, 3.8) is 0 Å². The standard InChI is InChI=1S/C15H15N.C2H6.CH3ClO/c1-12-2-4-13(5-3-12)6-7-14-8-10-15(16)11-9-14;1-2;1-3-2/h2-11H,16H2,1H3;1-2H3;1H3/b7-6+;;. The van der Waals surface area contributed by atoms with Crippen molar-refractivity contribution in [3.8, 4) is 0 Å². The minimum atomic E-state index is 0.799. The Hall–Kier alpha value is -1.77. The second-order valence-corrected chi connectivity index (χ2v) is 4.37. The lowest BCUT2D eigenvalue weighted by Crippen LogP contribution is -1.82. The summed E-state index contributed by atoms with van der Waals surface area (Å²) in [5.41, 5.74) is 10.1. The van der Waals surface area contributed by atoms with Crippen molar-refractivity contribution in [3.05, 3.63) is 65.2 Å². The van der Waals surface area contributed by atoms with Gasteiger partial charge in [-0.3, -0.25) is 4.29 Å². The van der Waals surface area contributed by atoms with Crippen LogP contribution in [0.5, 0.6) is 0 Å². The summed E-state index contributed by atoms with van der Waals surface area (Å²) in [7, 11) is 1.39. The Morgan fingerprint density at radius 1 is 0.857 bits per heavy atom. The smallest absolute Gasteiger partial charge is 0.0606 e. The van der Waals surface area contributed by atoms with E-state index < -0.39 is 0 Å². The molecule has 2 N–H and O–H groups in total. The molecule has 3 heteroatoms. The Labute approximate surface area is 133 Å². The van der Waals surface area contributed by atoms with Gasteiger partial charge in [0.2, 0.25) is 0 Å². The summed E-state index contributed by atoms with van der Waals surface area (Å²) in [6.07, 6.45) is 4.19. The average molecular weight is 306 g/mol. The summed E-state index contributed by atoms with van der Waals surface area (Å²) in [5, 5.41) is 0. The molecule has 0 saturated heterocycles. The maximum absolute atomic E-state index is 5.63. The van der Waals surface area contributed by atoms with Crippen molar-refractivity contribution in [1.82, 2.24) is 0 Å². The van der Waals surface area contributed by atoms with Gasteiger partial charge < -0.3 is 5.73 Å². The molecule has 2 rings (SSSR count). The zero-order chi connectivity index (χ0) is 16.1. The van der Waals surface area contributed by atoms with Crippen molar-refractivity contribution in [2.24, 2.45) is 0 Å². The zero-order valence-corrected chi connectivity index (χ0v) is 13.9. The van der Waals surface area contributed by atoms with Crippen LogP contribution in [0.4, 0.5) is 5.69 Å². The maximum atomic E-state index is 5.63. The molecule has 0 aliphatic rings. The fourth-order valence-corrected chi connectivity index (χ4v) is 1.48. The Morgan fingerprint density at radius 2 is 1.19 bits per heavy atom. The first-order chi connectivity index (χ1) is 10.2. The highest BCUT2D eigenvalue weighted by molar-refractivity contribution is 6.07. The summed E-state index contributed by atoms with van der Waals surface area (Å²) in [5.74, 6) is 0. The molecule has 0 bridgehead atoms. The number of nitrogens with two attached hydrogens (primary N) is 1. The minimum absolute atomic E-state index is 0.799. The molecular weight excluding hydrogens is 282 g/mol. The molecule has 114 valence electrons. The van der Waals surface area contributed by atoms with Crippen LogP contribution in [-0.2, 0) is 4.29 Å². The van der Waals surface area contributed by atoms with Gasteiger partial charge in [0.25, 0.3) is 0 Å². The molecule has 0 amide bonds. The van der Waals surface area contributed by atoms with E-state index in [1.54, 1.807) is 0 Å². The first kappa shape index (κ1) is 19.2. The van der Waals surface area contributed by atoms with Gasteiger partial charge in [0.15, 0.2) is 0 Å². The summed E-state index contributed by atoms with van der Waals surface area (Å²) < 4.78 is 3.72. The van der Waals surface area contributed by atoms with E-state index in [1.807, 2.05) is 38.1 Å². The van der Waals surface area contributed by atoms with Crippen LogP contribution >= 0.6 is 11.9 Å². The number of aryl methyl sites for hydroxylation is 1. The van der Waals surface area contributed by atoms with E-state index in [1.165, 1.54) is 18.2 Å². The van der Waals surface area contributed by atoms with E-state index in [9.17, 15) is 0 Å². The third-order valence-electron chi connectivity index (χ3n) is 2.48. The molecule has 2 aromatic rings. The Kier molecular flexibility index (Phi) is 11.0. The normalized spacial score (nSPS) is 9.38. The molecular formula is C18H24ClNO. The molecule has 0 aliphatic heterocycles. The first-order valence-electron chi connectivity index (χ1n) is 6.90. The van der Waals surface area contributed by atoms with Gasteiger partial charge in [-0.05, 0) is 30.2 Å². The van der Waals surface area contributed by atoms with Crippen LogP contribution in [0.25, 0.3) is 12.2 Å². The van der Waals surface area contributed by atoms with Crippen LogP contribution < -0.4 is 5.73 Å². The number of anilines is 1. The second-order valence-electron chi connectivity index (χ2n) is 4.06. The van der Waals surface area contributed by atoms with E-state index in [2.05, 4.69) is 59.5 Å². The van der Waals surface area contributed by atoms with E-state index in [4.69, 9.17) is 5.73 Å². The van der Waals surface area contributed by atoms with Crippen LogP contribution in [0.2, 0.25) is 0 Å². The molecule has 0 saturated carbocycles. The lowest BCUT2D eigenvalue weighted by Gasteiger charge is -1.96. The lowest BCUT2D eigenvalue weighted by atomic mass is 10.1. The van der Waals surface area contributed by atoms with Crippen LogP contribution in [0.3, 0.4) is 0 Å². The predicted molar refractivity (Wildman–Crippen MR) is 95.2 cm³/mol. The molecule has 0 aromatic heterocycles. The molecule has 0 radical (unpaired) electrons.